The van der Waals surface area contributed by atoms with Crippen molar-refractivity contribution in [3.8, 4) is 34.1 Å². The van der Waals surface area contributed by atoms with E-state index in [9.17, 15) is 0 Å². The number of aryl methyl sites for hydroxylation is 1. The fourth-order valence-electron chi connectivity index (χ4n) is 2.55. The van der Waals surface area contributed by atoms with Crippen LogP contribution < -0.4 is 0 Å². The summed E-state index contributed by atoms with van der Waals surface area (Å²) < 4.78 is 7.20. The maximum Gasteiger partial charge on any atom is 0.258 e. The van der Waals surface area contributed by atoms with Crippen LogP contribution in [-0.4, -0.2) is 19.9 Å². The lowest BCUT2D eigenvalue weighted by molar-refractivity contribution is 0.432. The highest BCUT2D eigenvalue weighted by molar-refractivity contribution is 6.30. The molecule has 2 aromatic carbocycles. The lowest BCUT2D eigenvalue weighted by Gasteiger charge is -2.03. The molecule has 0 atom stereocenters. The van der Waals surface area contributed by atoms with E-state index in [1.165, 1.54) is 0 Å². The van der Waals surface area contributed by atoms with Gasteiger partial charge in [-0.3, -0.25) is 4.68 Å². The average Bonchev–Trinajstić information content (AvgIpc) is 3.24. The zero-order chi connectivity index (χ0) is 16.5. The number of nitrogens with zero attached hydrogens (tertiary/aromatic N) is 4. The van der Waals surface area contributed by atoms with Crippen LogP contribution in [0.3, 0.4) is 0 Å². The minimum absolute atomic E-state index is 0.443. The van der Waals surface area contributed by atoms with Crippen molar-refractivity contribution in [1.82, 2.24) is 19.9 Å². The molecule has 0 aliphatic heterocycles. The summed E-state index contributed by atoms with van der Waals surface area (Å²) in [5.74, 6) is 0.979. The second kappa shape index (κ2) is 5.94. The highest BCUT2D eigenvalue weighted by Gasteiger charge is 2.12. The fourth-order valence-corrected chi connectivity index (χ4v) is 2.74. The molecule has 4 rings (SSSR count). The first-order valence-electron chi connectivity index (χ1n) is 7.39. The number of hydrogen-bond acceptors (Lipinski definition) is 4. The summed E-state index contributed by atoms with van der Waals surface area (Å²) in [6.45, 7) is 0. The summed E-state index contributed by atoms with van der Waals surface area (Å²) in [6.07, 6.45) is 1.77. The van der Waals surface area contributed by atoms with Gasteiger partial charge in [0.1, 0.15) is 0 Å². The Bertz CT molecular complexity index is 1010. The molecule has 0 N–H and O–H groups in total. The fraction of sp³-hybridized carbons (Fsp3) is 0.0556. The Morgan fingerprint density at radius 3 is 2.54 bits per heavy atom. The Labute approximate surface area is 143 Å². The van der Waals surface area contributed by atoms with Gasteiger partial charge >= 0.3 is 0 Å². The van der Waals surface area contributed by atoms with Crippen molar-refractivity contribution in [3.05, 3.63) is 65.8 Å². The minimum Gasteiger partial charge on any atom is -0.334 e. The predicted octanol–water partition coefficient (Wildman–Crippen LogP) is 4.46. The van der Waals surface area contributed by atoms with Crippen molar-refractivity contribution in [1.29, 1.82) is 0 Å². The Morgan fingerprint density at radius 2 is 1.75 bits per heavy atom. The zero-order valence-electron chi connectivity index (χ0n) is 12.8. The molecule has 0 aliphatic rings. The Morgan fingerprint density at radius 1 is 0.958 bits per heavy atom. The van der Waals surface area contributed by atoms with Crippen molar-refractivity contribution in [3.63, 3.8) is 0 Å². The van der Waals surface area contributed by atoms with Crippen molar-refractivity contribution in [2.45, 2.75) is 0 Å². The lowest BCUT2D eigenvalue weighted by atomic mass is 10.1. The van der Waals surface area contributed by atoms with E-state index in [4.69, 9.17) is 16.1 Å². The molecule has 2 heterocycles. The normalized spacial score (nSPS) is 10.9. The summed E-state index contributed by atoms with van der Waals surface area (Å²) in [4.78, 5) is 4.48. The van der Waals surface area contributed by atoms with Crippen LogP contribution in [0.15, 0.2) is 65.3 Å². The largest absolute Gasteiger partial charge is 0.334 e. The third-order valence-electron chi connectivity index (χ3n) is 3.74. The van der Waals surface area contributed by atoms with E-state index in [1.54, 1.807) is 18.3 Å². The summed E-state index contributed by atoms with van der Waals surface area (Å²) in [7, 11) is 1.91. The Hall–Kier alpha value is -2.92. The molecule has 0 amide bonds. The van der Waals surface area contributed by atoms with Crippen molar-refractivity contribution < 1.29 is 4.52 Å². The van der Waals surface area contributed by atoms with Gasteiger partial charge in [0.15, 0.2) is 0 Å². The maximum absolute atomic E-state index is 6.01. The van der Waals surface area contributed by atoms with Gasteiger partial charge in [-0.1, -0.05) is 41.0 Å². The number of aromatic nitrogens is 4. The van der Waals surface area contributed by atoms with Gasteiger partial charge in [-0.15, -0.1) is 0 Å². The van der Waals surface area contributed by atoms with E-state index >= 15 is 0 Å². The number of hydrogen-bond donors (Lipinski definition) is 0. The molecule has 0 spiro atoms. The van der Waals surface area contributed by atoms with Crippen LogP contribution in [0.1, 0.15) is 0 Å². The summed E-state index contributed by atoms with van der Waals surface area (Å²) in [5, 5.41) is 8.92. The van der Waals surface area contributed by atoms with Gasteiger partial charge in [-0.05, 0) is 30.3 Å². The van der Waals surface area contributed by atoms with Gasteiger partial charge in [-0.2, -0.15) is 10.1 Å². The molecule has 0 saturated carbocycles. The van der Waals surface area contributed by atoms with Crippen LogP contribution in [0, 0.1) is 0 Å². The molecule has 0 bridgehead atoms. The van der Waals surface area contributed by atoms with Crippen molar-refractivity contribution in [2.75, 3.05) is 0 Å². The molecule has 0 aliphatic carbocycles. The highest BCUT2D eigenvalue weighted by atomic mass is 35.5. The number of rotatable bonds is 3. The molecule has 5 nitrogen and oxygen atoms in total. The first-order chi connectivity index (χ1) is 11.7. The monoisotopic (exact) mass is 336 g/mol. The molecule has 24 heavy (non-hydrogen) atoms. The molecule has 2 aromatic heterocycles. The quantitative estimate of drug-likeness (QED) is 0.554. The predicted molar refractivity (Wildman–Crippen MR) is 92.4 cm³/mol. The topological polar surface area (TPSA) is 56.7 Å². The van der Waals surface area contributed by atoms with Crippen LogP contribution in [0.2, 0.25) is 5.02 Å². The van der Waals surface area contributed by atoms with Crippen LogP contribution >= 0.6 is 11.6 Å². The summed E-state index contributed by atoms with van der Waals surface area (Å²) in [6, 6.07) is 17.3. The third kappa shape index (κ3) is 2.70. The molecular formula is C18H13ClN4O. The molecule has 0 radical (unpaired) electrons. The van der Waals surface area contributed by atoms with E-state index < -0.39 is 0 Å². The average molecular weight is 337 g/mol. The standard InChI is InChI=1S/C18H13ClN4O/c1-23-16(8-9-20-23)12-4-2-5-13(10-12)17-21-18(24-22-17)14-6-3-7-15(19)11-14/h2-11H,1H3. The van der Waals surface area contributed by atoms with Gasteiger partial charge in [0.05, 0.1) is 5.69 Å². The van der Waals surface area contributed by atoms with Crippen LogP contribution in [-0.2, 0) is 7.05 Å². The van der Waals surface area contributed by atoms with Crippen LogP contribution in [0.4, 0.5) is 0 Å². The van der Waals surface area contributed by atoms with E-state index in [1.807, 2.05) is 54.2 Å². The molecule has 0 fully saturated rings. The molecule has 118 valence electrons. The summed E-state index contributed by atoms with van der Waals surface area (Å²) in [5.41, 5.74) is 3.74. The van der Waals surface area contributed by atoms with Crippen LogP contribution in [0.5, 0.6) is 0 Å². The van der Waals surface area contributed by atoms with Gasteiger partial charge < -0.3 is 4.52 Å². The lowest BCUT2D eigenvalue weighted by Crippen LogP contribution is -1.93. The molecular weight excluding hydrogens is 324 g/mol. The molecule has 4 aromatic rings. The Balaban J connectivity index is 1.72. The molecule has 0 saturated heterocycles. The first kappa shape index (κ1) is 14.7. The third-order valence-corrected chi connectivity index (χ3v) is 3.97. The Kier molecular flexibility index (Phi) is 3.63. The van der Waals surface area contributed by atoms with Gasteiger partial charge in [0.2, 0.25) is 5.82 Å². The van der Waals surface area contributed by atoms with E-state index in [-0.39, 0.29) is 0 Å². The van der Waals surface area contributed by atoms with Gasteiger partial charge in [-0.25, -0.2) is 0 Å². The van der Waals surface area contributed by atoms with Crippen molar-refractivity contribution >= 4 is 11.6 Å². The van der Waals surface area contributed by atoms with E-state index in [0.717, 1.165) is 22.4 Å². The van der Waals surface area contributed by atoms with Gasteiger partial charge in [0.25, 0.3) is 5.89 Å². The molecule has 0 unspecified atom stereocenters. The molecule has 6 heteroatoms. The maximum atomic E-state index is 6.01. The SMILES string of the molecule is Cn1nccc1-c1cccc(-c2noc(-c3cccc(Cl)c3)n2)c1. The second-order valence-corrected chi connectivity index (χ2v) is 5.79. The first-order valence-corrected chi connectivity index (χ1v) is 7.77. The number of benzene rings is 2. The smallest absolute Gasteiger partial charge is 0.258 e. The minimum atomic E-state index is 0.443. The van der Waals surface area contributed by atoms with E-state index in [0.29, 0.717) is 16.7 Å². The van der Waals surface area contributed by atoms with Gasteiger partial charge in [0, 0.05) is 35.0 Å². The van der Waals surface area contributed by atoms with Crippen molar-refractivity contribution in [2.24, 2.45) is 7.05 Å². The zero-order valence-corrected chi connectivity index (χ0v) is 13.6. The van der Waals surface area contributed by atoms with Crippen LogP contribution in [0.25, 0.3) is 34.1 Å². The second-order valence-electron chi connectivity index (χ2n) is 5.35. The van der Waals surface area contributed by atoms with E-state index in [2.05, 4.69) is 15.2 Å². The highest BCUT2D eigenvalue weighted by Crippen LogP contribution is 2.27. The number of halogens is 1. The summed E-state index contributed by atoms with van der Waals surface area (Å²) >= 11 is 6.01.